The summed E-state index contributed by atoms with van der Waals surface area (Å²) in [6.45, 7) is 2.87. The Hall–Kier alpha value is -1.74. The van der Waals surface area contributed by atoms with Gasteiger partial charge in [0, 0.05) is 32.7 Å². The lowest BCUT2D eigenvalue weighted by atomic mass is 10.2. The van der Waals surface area contributed by atoms with E-state index in [1.54, 1.807) is 4.90 Å². The van der Waals surface area contributed by atoms with E-state index in [9.17, 15) is 9.59 Å². The number of ether oxygens (including phenoxy) is 1. The summed E-state index contributed by atoms with van der Waals surface area (Å²) in [6, 6.07) is -0.212. The lowest BCUT2D eigenvalue weighted by Crippen LogP contribution is -2.45. The van der Waals surface area contributed by atoms with Crippen molar-refractivity contribution >= 4 is 33.4 Å². The van der Waals surface area contributed by atoms with Gasteiger partial charge in [0.05, 0.1) is 6.10 Å². The van der Waals surface area contributed by atoms with Gasteiger partial charge in [-0.1, -0.05) is 11.3 Å². The molecule has 1 aromatic heterocycles. The first-order chi connectivity index (χ1) is 12.2. The highest BCUT2D eigenvalue weighted by molar-refractivity contribution is 7.19. The zero-order chi connectivity index (χ0) is 17.2. The second-order valence-electron chi connectivity index (χ2n) is 6.75. The molecule has 136 valence electrons. The van der Waals surface area contributed by atoms with Gasteiger partial charge in [-0.15, -0.1) is 10.2 Å². The van der Waals surface area contributed by atoms with Crippen molar-refractivity contribution in [3.8, 4) is 0 Å². The Morgan fingerprint density at radius 3 is 2.84 bits per heavy atom. The molecule has 3 aliphatic heterocycles. The van der Waals surface area contributed by atoms with Crippen LogP contribution in [0, 0.1) is 0 Å². The number of nitrogens with one attached hydrogen (secondary N) is 1. The normalized spacial score (nSPS) is 26.6. The Morgan fingerprint density at radius 2 is 2.08 bits per heavy atom. The number of carbonyl (C=O) groups is 2. The average Bonchev–Trinajstić information content (AvgIpc) is 3.37. The van der Waals surface area contributed by atoms with Crippen LogP contribution in [0.4, 0.5) is 10.3 Å². The molecule has 2 amide bonds. The van der Waals surface area contributed by atoms with Crippen molar-refractivity contribution in [3.05, 3.63) is 0 Å². The highest BCUT2D eigenvalue weighted by atomic mass is 32.1. The van der Waals surface area contributed by atoms with Gasteiger partial charge in [0.15, 0.2) is 0 Å². The number of aromatic nitrogens is 2. The van der Waals surface area contributed by atoms with E-state index in [-0.39, 0.29) is 24.0 Å². The third kappa shape index (κ3) is 3.48. The van der Waals surface area contributed by atoms with Crippen molar-refractivity contribution in [3.63, 3.8) is 0 Å². The zero-order valence-corrected chi connectivity index (χ0v) is 15.0. The summed E-state index contributed by atoms with van der Waals surface area (Å²) in [5, 5.41) is 12.8. The monoisotopic (exact) mass is 365 g/mol. The van der Waals surface area contributed by atoms with E-state index in [0.29, 0.717) is 24.6 Å². The van der Waals surface area contributed by atoms with Gasteiger partial charge in [-0.25, -0.2) is 0 Å². The Balaban J connectivity index is 1.39. The van der Waals surface area contributed by atoms with Gasteiger partial charge in [0.1, 0.15) is 6.04 Å². The highest BCUT2D eigenvalue weighted by Crippen LogP contribution is 2.33. The first-order valence-electron chi connectivity index (χ1n) is 9.02. The molecule has 25 heavy (non-hydrogen) atoms. The molecule has 1 N–H and O–H groups in total. The summed E-state index contributed by atoms with van der Waals surface area (Å²) in [6.07, 6.45) is 5.44. The van der Waals surface area contributed by atoms with Crippen molar-refractivity contribution < 1.29 is 14.3 Å². The van der Waals surface area contributed by atoms with Crippen LogP contribution >= 0.6 is 11.3 Å². The van der Waals surface area contributed by atoms with E-state index < -0.39 is 0 Å². The average molecular weight is 365 g/mol. The molecule has 3 saturated heterocycles. The molecule has 0 aliphatic carbocycles. The molecule has 8 nitrogen and oxygen atoms in total. The second-order valence-corrected chi connectivity index (χ2v) is 7.68. The van der Waals surface area contributed by atoms with Crippen LogP contribution in [-0.2, 0) is 14.3 Å². The Labute approximate surface area is 150 Å². The smallest absolute Gasteiger partial charge is 0.242 e. The van der Waals surface area contributed by atoms with Crippen molar-refractivity contribution in [1.82, 2.24) is 15.5 Å². The van der Waals surface area contributed by atoms with Crippen molar-refractivity contribution in [2.24, 2.45) is 0 Å². The summed E-state index contributed by atoms with van der Waals surface area (Å²) in [5.41, 5.74) is 0. The second kappa shape index (κ2) is 7.25. The predicted octanol–water partition coefficient (Wildman–Crippen LogP) is 0.929. The first-order valence-corrected chi connectivity index (χ1v) is 9.84. The molecular weight excluding hydrogens is 342 g/mol. The molecule has 0 aromatic carbocycles. The van der Waals surface area contributed by atoms with Crippen LogP contribution in [-0.4, -0.2) is 60.4 Å². The van der Waals surface area contributed by atoms with E-state index in [0.717, 1.165) is 50.4 Å². The molecule has 3 aliphatic rings. The van der Waals surface area contributed by atoms with E-state index >= 15 is 0 Å². The van der Waals surface area contributed by atoms with Crippen molar-refractivity contribution in [2.75, 3.05) is 36.0 Å². The molecule has 4 heterocycles. The number of hydrogen-bond donors (Lipinski definition) is 1. The van der Waals surface area contributed by atoms with E-state index in [1.165, 1.54) is 11.3 Å². The van der Waals surface area contributed by atoms with Crippen LogP contribution in [0.5, 0.6) is 0 Å². The summed E-state index contributed by atoms with van der Waals surface area (Å²) in [7, 11) is 0. The number of hydrogen-bond acceptors (Lipinski definition) is 7. The number of rotatable bonds is 5. The predicted molar refractivity (Wildman–Crippen MR) is 93.8 cm³/mol. The zero-order valence-electron chi connectivity index (χ0n) is 14.1. The van der Waals surface area contributed by atoms with Crippen LogP contribution in [0.2, 0.25) is 0 Å². The SMILES string of the molecule is O=C(NC[C@@H]1CCCO1)[C@@H]1CCCN1c1nnc(N2CCCC2=O)s1. The quantitative estimate of drug-likeness (QED) is 0.835. The summed E-state index contributed by atoms with van der Waals surface area (Å²) >= 11 is 1.40. The molecular formula is C16H23N5O3S. The largest absolute Gasteiger partial charge is 0.376 e. The van der Waals surface area contributed by atoms with Gasteiger partial charge >= 0.3 is 0 Å². The van der Waals surface area contributed by atoms with Crippen LogP contribution < -0.4 is 15.1 Å². The van der Waals surface area contributed by atoms with Crippen LogP contribution in [0.25, 0.3) is 0 Å². The van der Waals surface area contributed by atoms with Crippen LogP contribution in [0.15, 0.2) is 0 Å². The summed E-state index contributed by atoms with van der Waals surface area (Å²) in [5.74, 6) is 0.136. The number of amides is 2. The molecule has 1 aromatic rings. The van der Waals surface area contributed by atoms with E-state index in [2.05, 4.69) is 15.5 Å². The number of nitrogens with zero attached hydrogens (tertiary/aromatic N) is 4. The van der Waals surface area contributed by atoms with Gasteiger partial charge < -0.3 is 15.0 Å². The molecule has 0 bridgehead atoms. The molecule has 4 rings (SSSR count). The Kier molecular flexibility index (Phi) is 4.85. The fourth-order valence-corrected chi connectivity index (χ4v) is 4.66. The fraction of sp³-hybridized carbons (Fsp3) is 0.750. The molecule has 0 spiro atoms. The minimum Gasteiger partial charge on any atom is -0.376 e. The number of anilines is 2. The standard InChI is InChI=1S/C16H23N5O3S/c22-13-6-2-8-21(13)16-19-18-15(25-16)20-7-1-5-12(20)14(23)17-10-11-4-3-9-24-11/h11-12H,1-10H2,(H,17,23)/t11-,12-/m0/s1. The molecule has 2 atom stereocenters. The lowest BCUT2D eigenvalue weighted by Gasteiger charge is -2.23. The van der Waals surface area contributed by atoms with Crippen molar-refractivity contribution in [1.29, 1.82) is 0 Å². The fourth-order valence-electron chi connectivity index (χ4n) is 3.69. The van der Waals surface area contributed by atoms with Gasteiger partial charge in [-0.3, -0.25) is 14.5 Å². The summed E-state index contributed by atoms with van der Waals surface area (Å²) in [4.78, 5) is 28.2. The maximum atomic E-state index is 12.6. The third-order valence-corrected chi connectivity index (χ3v) is 6.02. The van der Waals surface area contributed by atoms with Gasteiger partial charge in [0.25, 0.3) is 0 Å². The third-order valence-electron chi connectivity index (χ3n) is 5.04. The van der Waals surface area contributed by atoms with Crippen molar-refractivity contribution in [2.45, 2.75) is 50.7 Å². The molecule has 0 saturated carbocycles. The molecule has 3 fully saturated rings. The van der Waals surface area contributed by atoms with E-state index in [1.807, 2.05) is 4.90 Å². The summed E-state index contributed by atoms with van der Waals surface area (Å²) < 4.78 is 5.56. The maximum absolute atomic E-state index is 12.6. The number of carbonyl (C=O) groups excluding carboxylic acids is 2. The van der Waals surface area contributed by atoms with Crippen LogP contribution in [0.1, 0.15) is 38.5 Å². The molecule has 9 heteroatoms. The van der Waals surface area contributed by atoms with Crippen LogP contribution in [0.3, 0.4) is 0 Å². The Morgan fingerprint density at radius 1 is 1.20 bits per heavy atom. The van der Waals surface area contributed by atoms with Gasteiger partial charge in [-0.2, -0.15) is 0 Å². The van der Waals surface area contributed by atoms with Gasteiger partial charge in [0.2, 0.25) is 22.1 Å². The molecule has 0 radical (unpaired) electrons. The minimum absolute atomic E-state index is 0.0296. The molecule has 0 unspecified atom stereocenters. The Bertz CT molecular complexity index is 645. The van der Waals surface area contributed by atoms with E-state index in [4.69, 9.17) is 4.74 Å². The minimum atomic E-state index is -0.212. The lowest BCUT2D eigenvalue weighted by molar-refractivity contribution is -0.122. The van der Waals surface area contributed by atoms with Gasteiger partial charge in [-0.05, 0) is 32.1 Å². The topological polar surface area (TPSA) is 87.7 Å². The first kappa shape index (κ1) is 16.7. The maximum Gasteiger partial charge on any atom is 0.242 e. The highest BCUT2D eigenvalue weighted by Gasteiger charge is 2.34.